The Kier molecular flexibility index (Phi) is 4.13. The van der Waals surface area contributed by atoms with E-state index in [-0.39, 0.29) is 11.9 Å². The van der Waals surface area contributed by atoms with Gasteiger partial charge >= 0.3 is 0 Å². The second-order valence-corrected chi connectivity index (χ2v) is 5.54. The van der Waals surface area contributed by atoms with Gasteiger partial charge in [-0.2, -0.15) is 0 Å². The molecule has 2 aromatic heterocycles. The Morgan fingerprint density at radius 3 is 2.84 bits per heavy atom. The summed E-state index contributed by atoms with van der Waals surface area (Å²) in [5.41, 5.74) is 3.49. The minimum absolute atomic E-state index is 0.0394. The molecule has 1 unspecified atom stereocenters. The molecule has 0 aromatic carbocycles. The van der Waals surface area contributed by atoms with Gasteiger partial charge in [-0.05, 0) is 38.1 Å². The van der Waals surface area contributed by atoms with Crippen molar-refractivity contribution in [3.63, 3.8) is 0 Å². The molecule has 0 bridgehead atoms. The van der Waals surface area contributed by atoms with Crippen LogP contribution < -0.4 is 16.6 Å². The molecule has 2 heterocycles. The highest BCUT2D eigenvalue weighted by atomic mass is 32.1. The largest absolute Gasteiger partial charge is 0.343 e. The highest BCUT2D eigenvalue weighted by Crippen LogP contribution is 2.22. The van der Waals surface area contributed by atoms with E-state index in [1.807, 2.05) is 26.0 Å². The third-order valence-electron chi connectivity index (χ3n) is 2.69. The Morgan fingerprint density at radius 2 is 2.21 bits per heavy atom. The number of hydrazine groups is 1. The summed E-state index contributed by atoms with van der Waals surface area (Å²) in [4.78, 5) is 18.5. The summed E-state index contributed by atoms with van der Waals surface area (Å²) in [5.74, 6) is 5.09. The first-order valence-corrected chi connectivity index (χ1v) is 6.71. The van der Waals surface area contributed by atoms with Crippen LogP contribution in [0, 0.1) is 6.92 Å². The number of anilines is 1. The molecule has 1 amide bonds. The Balaban J connectivity index is 2.08. The maximum Gasteiger partial charge on any atom is 0.270 e. The Hall–Kier alpha value is -1.92. The maximum atomic E-state index is 12.1. The maximum absolute atomic E-state index is 12.1. The number of carbonyl (C=O) groups excluding carboxylic acids is 1. The number of nitrogens with one attached hydrogen (secondary N) is 2. The summed E-state index contributed by atoms with van der Waals surface area (Å²) in [6.07, 6.45) is 1.55. The SMILES string of the molecule is Cc1ccc(C(C)NC(=O)c2cc(NN)ccn2)s1. The Morgan fingerprint density at radius 1 is 1.42 bits per heavy atom. The standard InChI is InChI=1S/C13H16N4OS/c1-8-3-4-12(19-8)9(2)16-13(18)11-7-10(17-14)5-6-15-11/h3-7,9H,14H2,1-2H3,(H,15,17)(H,16,18). The monoisotopic (exact) mass is 276 g/mol. The van der Waals surface area contributed by atoms with Crippen LogP contribution in [0.4, 0.5) is 5.69 Å². The normalized spacial score (nSPS) is 11.9. The number of rotatable bonds is 4. The number of amides is 1. The van der Waals surface area contributed by atoms with Crippen LogP contribution in [0.5, 0.6) is 0 Å². The highest BCUT2D eigenvalue weighted by Gasteiger charge is 2.14. The number of carbonyl (C=O) groups is 1. The van der Waals surface area contributed by atoms with Crippen molar-refractivity contribution in [2.45, 2.75) is 19.9 Å². The molecule has 0 saturated heterocycles. The first kappa shape index (κ1) is 13.5. The fourth-order valence-electron chi connectivity index (χ4n) is 1.67. The fraction of sp³-hybridized carbons (Fsp3) is 0.231. The molecule has 19 heavy (non-hydrogen) atoms. The molecule has 0 spiro atoms. The zero-order chi connectivity index (χ0) is 13.8. The lowest BCUT2D eigenvalue weighted by Gasteiger charge is -2.12. The summed E-state index contributed by atoms with van der Waals surface area (Å²) in [6.45, 7) is 3.99. The molecule has 0 fully saturated rings. The molecular formula is C13H16N4OS. The molecule has 0 saturated carbocycles. The van der Waals surface area contributed by atoms with E-state index < -0.39 is 0 Å². The van der Waals surface area contributed by atoms with E-state index in [2.05, 4.69) is 15.7 Å². The van der Waals surface area contributed by atoms with Crippen molar-refractivity contribution in [3.05, 3.63) is 45.9 Å². The molecule has 1 atom stereocenters. The number of nitrogens with zero attached hydrogens (tertiary/aromatic N) is 1. The average molecular weight is 276 g/mol. The summed E-state index contributed by atoms with van der Waals surface area (Å²) in [6, 6.07) is 7.34. The highest BCUT2D eigenvalue weighted by molar-refractivity contribution is 7.12. The van der Waals surface area contributed by atoms with Crippen LogP contribution >= 0.6 is 11.3 Å². The van der Waals surface area contributed by atoms with Gasteiger partial charge in [-0.15, -0.1) is 11.3 Å². The molecule has 6 heteroatoms. The smallest absolute Gasteiger partial charge is 0.270 e. The number of thiophene rings is 1. The molecule has 0 aliphatic rings. The van der Waals surface area contributed by atoms with Gasteiger partial charge in [0.25, 0.3) is 5.91 Å². The van der Waals surface area contributed by atoms with Crippen molar-refractivity contribution in [2.75, 3.05) is 5.43 Å². The van der Waals surface area contributed by atoms with E-state index in [0.717, 1.165) is 4.88 Å². The molecule has 0 aliphatic carbocycles. The summed E-state index contributed by atoms with van der Waals surface area (Å²) < 4.78 is 0. The number of hydrogen-bond donors (Lipinski definition) is 3. The third-order valence-corrected chi connectivity index (χ3v) is 3.88. The predicted molar refractivity (Wildman–Crippen MR) is 77.0 cm³/mol. The van der Waals surface area contributed by atoms with Gasteiger partial charge in [0.15, 0.2) is 0 Å². The summed E-state index contributed by atoms with van der Waals surface area (Å²) in [5, 5.41) is 2.92. The molecule has 5 nitrogen and oxygen atoms in total. The average Bonchev–Trinajstić information content (AvgIpc) is 2.85. The van der Waals surface area contributed by atoms with Crippen molar-refractivity contribution >= 4 is 22.9 Å². The summed E-state index contributed by atoms with van der Waals surface area (Å²) in [7, 11) is 0. The number of aromatic nitrogens is 1. The van der Waals surface area contributed by atoms with Gasteiger partial charge in [0.2, 0.25) is 0 Å². The lowest BCUT2D eigenvalue weighted by atomic mass is 10.2. The minimum atomic E-state index is -0.212. The fourth-order valence-corrected chi connectivity index (χ4v) is 2.55. The topological polar surface area (TPSA) is 80.0 Å². The van der Waals surface area contributed by atoms with Gasteiger partial charge < -0.3 is 10.7 Å². The lowest BCUT2D eigenvalue weighted by molar-refractivity contribution is 0.0935. The van der Waals surface area contributed by atoms with Gasteiger partial charge in [-0.25, -0.2) is 0 Å². The second kappa shape index (κ2) is 5.81. The van der Waals surface area contributed by atoms with Crippen molar-refractivity contribution < 1.29 is 4.79 Å². The first-order valence-electron chi connectivity index (χ1n) is 5.90. The summed E-state index contributed by atoms with van der Waals surface area (Å²) >= 11 is 1.67. The third kappa shape index (κ3) is 3.30. The van der Waals surface area contributed by atoms with Gasteiger partial charge in [-0.1, -0.05) is 0 Å². The Labute approximate surface area is 115 Å². The number of pyridine rings is 1. The van der Waals surface area contributed by atoms with Gasteiger partial charge in [0.1, 0.15) is 5.69 Å². The zero-order valence-corrected chi connectivity index (χ0v) is 11.6. The van der Waals surface area contributed by atoms with Crippen LogP contribution in [0.2, 0.25) is 0 Å². The van der Waals surface area contributed by atoms with E-state index in [1.165, 1.54) is 4.88 Å². The van der Waals surface area contributed by atoms with Gasteiger partial charge in [0, 0.05) is 16.0 Å². The van der Waals surface area contributed by atoms with E-state index in [4.69, 9.17) is 5.84 Å². The van der Waals surface area contributed by atoms with Crippen molar-refractivity contribution in [2.24, 2.45) is 5.84 Å². The van der Waals surface area contributed by atoms with Crippen LogP contribution in [-0.2, 0) is 0 Å². The lowest BCUT2D eigenvalue weighted by Crippen LogP contribution is -2.27. The number of nitrogen functional groups attached to an aromatic ring is 1. The van der Waals surface area contributed by atoms with Gasteiger partial charge in [0.05, 0.1) is 11.7 Å². The molecule has 2 aromatic rings. The van der Waals surface area contributed by atoms with Crippen molar-refractivity contribution in [1.29, 1.82) is 0 Å². The van der Waals surface area contributed by atoms with Crippen LogP contribution in [0.15, 0.2) is 30.5 Å². The molecule has 4 N–H and O–H groups in total. The van der Waals surface area contributed by atoms with E-state index in [9.17, 15) is 4.79 Å². The molecule has 0 radical (unpaired) electrons. The van der Waals surface area contributed by atoms with E-state index in [0.29, 0.717) is 11.4 Å². The predicted octanol–water partition coefficient (Wildman–Crippen LogP) is 2.23. The van der Waals surface area contributed by atoms with Crippen molar-refractivity contribution in [1.82, 2.24) is 10.3 Å². The van der Waals surface area contributed by atoms with Crippen LogP contribution in [0.25, 0.3) is 0 Å². The van der Waals surface area contributed by atoms with Crippen molar-refractivity contribution in [3.8, 4) is 0 Å². The number of aryl methyl sites for hydroxylation is 1. The number of nitrogens with two attached hydrogens (primary N) is 1. The molecule has 2 rings (SSSR count). The zero-order valence-electron chi connectivity index (χ0n) is 10.8. The van der Waals surface area contributed by atoms with Crippen LogP contribution in [0.3, 0.4) is 0 Å². The van der Waals surface area contributed by atoms with Crippen LogP contribution in [-0.4, -0.2) is 10.9 Å². The first-order chi connectivity index (χ1) is 9.10. The van der Waals surface area contributed by atoms with E-state index >= 15 is 0 Å². The Bertz CT molecular complexity index is 582. The second-order valence-electron chi connectivity index (χ2n) is 4.22. The minimum Gasteiger partial charge on any atom is -0.343 e. The quantitative estimate of drug-likeness (QED) is 0.591. The van der Waals surface area contributed by atoms with Gasteiger partial charge in [-0.3, -0.25) is 15.6 Å². The number of hydrogen-bond acceptors (Lipinski definition) is 5. The molecule has 0 aliphatic heterocycles. The van der Waals surface area contributed by atoms with E-state index in [1.54, 1.807) is 29.7 Å². The van der Waals surface area contributed by atoms with Crippen LogP contribution in [0.1, 0.15) is 33.2 Å². The molecular weight excluding hydrogens is 260 g/mol. The molecule has 100 valence electrons.